The van der Waals surface area contributed by atoms with Gasteiger partial charge < -0.3 is 19.7 Å². The summed E-state index contributed by atoms with van der Waals surface area (Å²) in [6, 6.07) is 4.38. The minimum Gasteiger partial charge on any atom is -0.480 e. The number of anilines is 1. The van der Waals surface area contributed by atoms with E-state index in [2.05, 4.69) is 9.97 Å². The fourth-order valence-corrected chi connectivity index (χ4v) is 3.89. The topological polar surface area (TPSA) is 91.5 Å². The number of nitrogens with zero attached hydrogens (tertiary/aromatic N) is 4. The molecule has 140 valence electrons. The van der Waals surface area contributed by atoms with Crippen LogP contribution in [-0.2, 0) is 4.79 Å². The van der Waals surface area contributed by atoms with E-state index in [1.54, 1.807) is 47.2 Å². The average Bonchev–Trinajstić information content (AvgIpc) is 3.26. The van der Waals surface area contributed by atoms with E-state index in [1.165, 1.54) is 0 Å². The summed E-state index contributed by atoms with van der Waals surface area (Å²) in [5, 5.41) is 21.3. The van der Waals surface area contributed by atoms with Gasteiger partial charge in [0, 0.05) is 36.3 Å². The molecule has 0 bridgehead atoms. The van der Waals surface area contributed by atoms with Gasteiger partial charge in [-0.3, -0.25) is 0 Å². The molecule has 27 heavy (non-hydrogen) atoms. The molecule has 1 saturated heterocycles. The predicted molar refractivity (Wildman–Crippen MR) is 103 cm³/mol. The number of carboxylic acids is 1. The number of hydrogen-bond donors (Lipinski definition) is 2. The van der Waals surface area contributed by atoms with Crippen LogP contribution in [0.4, 0.5) is 5.82 Å². The maximum atomic E-state index is 11.8. The van der Waals surface area contributed by atoms with Gasteiger partial charge in [0.1, 0.15) is 11.9 Å². The zero-order valence-electron chi connectivity index (χ0n) is 14.3. The molecule has 4 rings (SSSR count). The van der Waals surface area contributed by atoms with Gasteiger partial charge in [0.15, 0.2) is 0 Å². The summed E-state index contributed by atoms with van der Waals surface area (Å²) in [4.78, 5) is 22.1. The van der Waals surface area contributed by atoms with Crippen LogP contribution in [0.1, 0.15) is 6.92 Å². The second-order valence-corrected chi connectivity index (χ2v) is 7.37. The summed E-state index contributed by atoms with van der Waals surface area (Å²) in [5.74, 6) is -1.04. The van der Waals surface area contributed by atoms with Crippen molar-refractivity contribution in [2.75, 3.05) is 11.4 Å². The Bertz CT molecular complexity index is 1030. The van der Waals surface area contributed by atoms with Crippen molar-refractivity contribution in [1.29, 1.82) is 0 Å². The lowest BCUT2D eigenvalue weighted by Gasteiger charge is -2.25. The molecule has 0 spiro atoms. The molecule has 0 radical (unpaired) electrons. The largest absolute Gasteiger partial charge is 0.480 e. The van der Waals surface area contributed by atoms with Gasteiger partial charge in [-0.05, 0) is 12.1 Å². The van der Waals surface area contributed by atoms with Gasteiger partial charge in [0.25, 0.3) is 0 Å². The Balaban J connectivity index is 1.97. The van der Waals surface area contributed by atoms with Crippen molar-refractivity contribution in [2.45, 2.75) is 19.1 Å². The summed E-state index contributed by atoms with van der Waals surface area (Å²) >= 11 is 12.6. The highest BCUT2D eigenvalue weighted by molar-refractivity contribution is 6.45. The molecule has 1 aliphatic rings. The third-order valence-electron chi connectivity index (χ3n) is 4.99. The van der Waals surface area contributed by atoms with Gasteiger partial charge in [-0.15, -0.1) is 0 Å². The fraction of sp³-hybridized carbons (Fsp3) is 0.278. The summed E-state index contributed by atoms with van der Waals surface area (Å²) in [6.45, 7) is 1.88. The Hall–Kier alpha value is -2.35. The zero-order valence-corrected chi connectivity index (χ0v) is 15.8. The van der Waals surface area contributed by atoms with Gasteiger partial charge in [0.2, 0.25) is 0 Å². The SMILES string of the molecule is C[C@H]1[C@@H](C(=O)O)N(c2cc(-n3ccnc3)c3ccc(Cl)c(Cl)c3n2)C[C@@H]1O. The van der Waals surface area contributed by atoms with Crippen molar-refractivity contribution in [3.8, 4) is 5.69 Å². The lowest BCUT2D eigenvalue weighted by atomic mass is 10.0. The monoisotopic (exact) mass is 406 g/mol. The standard InChI is InChI=1S/C18H16Cl2N4O3/c1-9-13(25)7-24(17(9)18(26)27)14-6-12(23-5-4-21-8-23)10-2-3-11(19)15(20)16(10)22-14/h2-6,8-9,13,17,25H,7H2,1H3,(H,26,27)/t9-,13+,17+/m1/s1. The van der Waals surface area contributed by atoms with Crippen molar-refractivity contribution < 1.29 is 15.0 Å². The van der Waals surface area contributed by atoms with Crippen LogP contribution >= 0.6 is 23.2 Å². The highest BCUT2D eigenvalue weighted by Crippen LogP contribution is 2.37. The van der Waals surface area contributed by atoms with Crippen LogP contribution in [0, 0.1) is 5.92 Å². The van der Waals surface area contributed by atoms with Crippen molar-refractivity contribution in [3.63, 3.8) is 0 Å². The number of pyridine rings is 1. The number of benzene rings is 1. The third-order valence-corrected chi connectivity index (χ3v) is 5.79. The van der Waals surface area contributed by atoms with E-state index < -0.39 is 24.0 Å². The number of halogens is 2. The molecule has 3 heterocycles. The van der Waals surface area contributed by atoms with Crippen molar-refractivity contribution in [1.82, 2.24) is 14.5 Å². The second-order valence-electron chi connectivity index (χ2n) is 6.59. The number of fused-ring (bicyclic) bond motifs is 1. The quantitative estimate of drug-likeness (QED) is 0.694. The molecular formula is C18H16Cl2N4O3. The van der Waals surface area contributed by atoms with E-state index in [0.29, 0.717) is 16.4 Å². The molecule has 1 fully saturated rings. The minimum atomic E-state index is -1.01. The molecule has 0 unspecified atom stereocenters. The number of rotatable bonds is 3. The molecule has 3 aromatic rings. The molecule has 0 saturated carbocycles. The molecule has 0 aliphatic carbocycles. The molecule has 1 aromatic carbocycles. The molecule has 0 amide bonds. The van der Waals surface area contributed by atoms with Crippen molar-refractivity contribution >= 4 is 45.9 Å². The number of aromatic nitrogens is 3. The van der Waals surface area contributed by atoms with Crippen LogP contribution in [-0.4, -0.2) is 49.4 Å². The van der Waals surface area contributed by atoms with Crippen molar-refractivity contribution in [2.24, 2.45) is 5.92 Å². The number of aliphatic hydroxyl groups excluding tert-OH is 1. The average molecular weight is 407 g/mol. The van der Waals surface area contributed by atoms with Crippen LogP contribution in [0.25, 0.3) is 16.6 Å². The number of imidazole rings is 1. The van der Waals surface area contributed by atoms with Gasteiger partial charge >= 0.3 is 5.97 Å². The smallest absolute Gasteiger partial charge is 0.326 e. The van der Waals surface area contributed by atoms with Crippen LogP contribution in [0.15, 0.2) is 36.9 Å². The van der Waals surface area contributed by atoms with Gasteiger partial charge in [-0.1, -0.05) is 30.1 Å². The maximum absolute atomic E-state index is 11.8. The maximum Gasteiger partial charge on any atom is 0.326 e. The fourth-order valence-electron chi connectivity index (χ4n) is 3.54. The van der Waals surface area contributed by atoms with E-state index in [1.807, 2.05) is 6.07 Å². The number of carboxylic acid groups (broad SMARTS) is 1. The van der Waals surface area contributed by atoms with E-state index in [0.717, 1.165) is 11.1 Å². The van der Waals surface area contributed by atoms with Crippen LogP contribution in [0.5, 0.6) is 0 Å². The second kappa shape index (κ2) is 6.67. The van der Waals surface area contributed by atoms with E-state index >= 15 is 0 Å². The molecule has 1 aliphatic heterocycles. The normalized spacial score (nSPS) is 22.5. The number of carbonyl (C=O) groups is 1. The van der Waals surface area contributed by atoms with Crippen LogP contribution < -0.4 is 4.90 Å². The Morgan fingerprint density at radius 1 is 1.33 bits per heavy atom. The van der Waals surface area contributed by atoms with Crippen molar-refractivity contribution in [3.05, 3.63) is 47.0 Å². The summed E-state index contributed by atoms with van der Waals surface area (Å²) in [7, 11) is 0. The van der Waals surface area contributed by atoms with Gasteiger partial charge in [-0.2, -0.15) is 0 Å². The first-order valence-electron chi connectivity index (χ1n) is 8.33. The highest BCUT2D eigenvalue weighted by atomic mass is 35.5. The summed E-state index contributed by atoms with van der Waals surface area (Å²) in [6.07, 6.45) is 4.29. The van der Waals surface area contributed by atoms with E-state index in [-0.39, 0.29) is 11.6 Å². The Labute approximate surface area is 164 Å². The first-order valence-corrected chi connectivity index (χ1v) is 9.08. The molecule has 2 N–H and O–H groups in total. The number of hydrogen-bond acceptors (Lipinski definition) is 5. The van der Waals surface area contributed by atoms with Gasteiger partial charge in [-0.25, -0.2) is 14.8 Å². The third kappa shape index (κ3) is 2.92. The highest BCUT2D eigenvalue weighted by Gasteiger charge is 2.43. The molecular weight excluding hydrogens is 391 g/mol. The molecule has 7 nitrogen and oxygen atoms in total. The Morgan fingerprint density at radius 3 is 2.78 bits per heavy atom. The van der Waals surface area contributed by atoms with E-state index in [9.17, 15) is 15.0 Å². The van der Waals surface area contributed by atoms with Gasteiger partial charge in [0.05, 0.1) is 33.7 Å². The van der Waals surface area contributed by atoms with Crippen LogP contribution in [0.2, 0.25) is 10.0 Å². The summed E-state index contributed by atoms with van der Waals surface area (Å²) < 4.78 is 1.80. The van der Waals surface area contributed by atoms with E-state index in [4.69, 9.17) is 23.2 Å². The number of aliphatic carboxylic acids is 1. The first kappa shape index (κ1) is 18.0. The summed E-state index contributed by atoms with van der Waals surface area (Å²) in [5.41, 5.74) is 1.20. The van der Waals surface area contributed by atoms with Crippen LogP contribution in [0.3, 0.4) is 0 Å². The first-order chi connectivity index (χ1) is 12.9. The number of aliphatic hydroxyl groups is 1. The zero-order chi connectivity index (χ0) is 19.3. The number of β-amino-alcohol motifs (C(OH)–C–C–N with tert-alkyl or cyclic N) is 1. The molecule has 9 heteroatoms. The predicted octanol–water partition coefficient (Wildman–Crippen LogP) is 3.00. The minimum absolute atomic E-state index is 0.165. The molecule has 2 aromatic heterocycles. The Kier molecular flexibility index (Phi) is 4.46. The lowest BCUT2D eigenvalue weighted by molar-refractivity contribution is -0.139. The lowest BCUT2D eigenvalue weighted by Crippen LogP contribution is -2.39. The Morgan fingerprint density at radius 2 is 2.11 bits per heavy atom. The molecule has 3 atom stereocenters.